The number of ether oxygens (including phenoxy) is 1. The Hall–Kier alpha value is -1.14. The molecule has 0 rings (SSSR count). The van der Waals surface area contributed by atoms with Crippen molar-refractivity contribution in [2.45, 2.75) is 225 Å². The van der Waals surface area contributed by atoms with E-state index in [9.17, 15) is 24.9 Å². The van der Waals surface area contributed by atoms with E-state index in [-0.39, 0.29) is 13.0 Å². The highest BCUT2D eigenvalue weighted by atomic mass is 16.6. The topological polar surface area (TPSA) is 104 Å². The molecule has 0 amide bonds. The average molecular weight is 627 g/mol. The Morgan fingerprint density at radius 3 is 1.07 bits per heavy atom. The lowest BCUT2D eigenvalue weighted by Gasteiger charge is -2.28. The zero-order valence-electron chi connectivity index (χ0n) is 29.3. The third-order valence-electron chi connectivity index (χ3n) is 9.18. The number of unbranched alkanes of at least 4 members (excludes halogenated alkanes) is 28. The minimum Gasteiger partial charge on any atom is -0.479 e. The molecule has 0 aliphatic rings. The molecule has 3 N–H and O–H groups in total. The number of carbonyl (C=O) groups excluding carboxylic acids is 1. The SMILES string of the molecule is CCCCCCCCCCCCCCCCCCC(O)(C(=O)OCCCCCCCCCCCCCCCC)C(O)C(=O)O. The molecular formula is C38H74O6. The van der Waals surface area contributed by atoms with Gasteiger partial charge in [0.05, 0.1) is 6.61 Å². The van der Waals surface area contributed by atoms with Gasteiger partial charge in [0.2, 0.25) is 0 Å². The van der Waals surface area contributed by atoms with Crippen LogP contribution in [0.1, 0.15) is 213 Å². The van der Waals surface area contributed by atoms with E-state index in [2.05, 4.69) is 13.8 Å². The molecule has 0 bridgehead atoms. The Bertz CT molecular complexity index is 639. The van der Waals surface area contributed by atoms with Crippen LogP contribution in [0.25, 0.3) is 0 Å². The van der Waals surface area contributed by atoms with Crippen LogP contribution in [0, 0.1) is 0 Å². The van der Waals surface area contributed by atoms with Gasteiger partial charge in [-0.1, -0.05) is 194 Å². The molecule has 0 saturated heterocycles. The lowest BCUT2D eigenvalue weighted by Crippen LogP contribution is -2.54. The third kappa shape index (κ3) is 25.1. The molecule has 0 spiro atoms. The van der Waals surface area contributed by atoms with Crippen molar-refractivity contribution in [2.75, 3.05) is 6.61 Å². The molecule has 0 aromatic carbocycles. The van der Waals surface area contributed by atoms with Crippen LogP contribution in [-0.4, -0.2) is 45.6 Å². The predicted molar refractivity (Wildman–Crippen MR) is 184 cm³/mol. The van der Waals surface area contributed by atoms with Crippen molar-refractivity contribution < 1.29 is 29.6 Å². The first-order valence-electron chi connectivity index (χ1n) is 19.2. The van der Waals surface area contributed by atoms with E-state index >= 15 is 0 Å². The number of carboxylic acid groups (broad SMARTS) is 1. The quantitative estimate of drug-likeness (QED) is 0.0477. The molecule has 2 unspecified atom stereocenters. The van der Waals surface area contributed by atoms with Crippen LogP contribution in [0.4, 0.5) is 0 Å². The maximum absolute atomic E-state index is 12.6. The molecule has 6 heteroatoms. The van der Waals surface area contributed by atoms with Crippen molar-refractivity contribution in [3.8, 4) is 0 Å². The summed E-state index contributed by atoms with van der Waals surface area (Å²) < 4.78 is 5.25. The number of esters is 1. The van der Waals surface area contributed by atoms with Gasteiger partial charge in [0.15, 0.2) is 11.7 Å². The van der Waals surface area contributed by atoms with Crippen molar-refractivity contribution in [1.29, 1.82) is 0 Å². The molecule has 0 heterocycles. The fourth-order valence-corrected chi connectivity index (χ4v) is 6.08. The summed E-state index contributed by atoms with van der Waals surface area (Å²) in [5.74, 6) is -2.61. The van der Waals surface area contributed by atoms with Gasteiger partial charge < -0.3 is 20.1 Å². The van der Waals surface area contributed by atoms with Gasteiger partial charge in [-0.05, 0) is 19.3 Å². The van der Waals surface area contributed by atoms with Crippen LogP contribution < -0.4 is 0 Å². The van der Waals surface area contributed by atoms with E-state index in [1.54, 1.807) is 0 Å². The second-order valence-corrected chi connectivity index (χ2v) is 13.5. The second kappa shape index (κ2) is 31.8. The average Bonchev–Trinajstić information content (AvgIpc) is 3.01. The largest absolute Gasteiger partial charge is 0.479 e. The second-order valence-electron chi connectivity index (χ2n) is 13.5. The zero-order valence-corrected chi connectivity index (χ0v) is 29.3. The van der Waals surface area contributed by atoms with Crippen LogP contribution in [0.5, 0.6) is 0 Å². The minimum atomic E-state index is -2.39. The Kier molecular flexibility index (Phi) is 31.0. The molecule has 0 aliphatic carbocycles. The molecule has 0 aromatic heterocycles. The number of aliphatic hydroxyl groups is 2. The number of aliphatic hydroxyl groups excluding tert-OH is 1. The summed E-state index contributed by atoms with van der Waals surface area (Å²) in [5.41, 5.74) is -2.39. The fraction of sp³-hybridized carbons (Fsp3) is 0.947. The molecule has 0 radical (unpaired) electrons. The van der Waals surface area contributed by atoms with Crippen molar-refractivity contribution in [1.82, 2.24) is 0 Å². The van der Waals surface area contributed by atoms with Crippen LogP contribution in [-0.2, 0) is 14.3 Å². The van der Waals surface area contributed by atoms with Crippen molar-refractivity contribution in [2.24, 2.45) is 0 Å². The summed E-state index contributed by atoms with van der Waals surface area (Å²) in [6.07, 6.45) is 34.2. The fourth-order valence-electron chi connectivity index (χ4n) is 6.08. The lowest BCUT2D eigenvalue weighted by molar-refractivity contribution is -0.189. The number of aliphatic carboxylic acids is 1. The highest BCUT2D eigenvalue weighted by Gasteiger charge is 2.48. The first-order chi connectivity index (χ1) is 21.4. The smallest absolute Gasteiger partial charge is 0.341 e. The number of carboxylic acids is 1. The van der Waals surface area contributed by atoms with Gasteiger partial charge in [-0.15, -0.1) is 0 Å². The maximum atomic E-state index is 12.6. The first kappa shape index (κ1) is 42.9. The summed E-state index contributed by atoms with van der Waals surface area (Å²) in [5, 5.41) is 30.2. The Labute approximate surface area is 272 Å². The summed E-state index contributed by atoms with van der Waals surface area (Å²) in [7, 11) is 0. The molecule has 2 atom stereocenters. The summed E-state index contributed by atoms with van der Waals surface area (Å²) in [4.78, 5) is 24.1. The highest BCUT2D eigenvalue weighted by molar-refractivity contribution is 5.88. The third-order valence-corrected chi connectivity index (χ3v) is 9.18. The van der Waals surface area contributed by atoms with Gasteiger partial charge in [0.1, 0.15) is 0 Å². The Morgan fingerprint density at radius 1 is 0.500 bits per heavy atom. The number of hydrogen-bond donors (Lipinski definition) is 3. The summed E-state index contributed by atoms with van der Waals surface area (Å²) in [6.45, 7) is 4.65. The number of carbonyl (C=O) groups is 2. The van der Waals surface area contributed by atoms with Crippen LogP contribution in [0.15, 0.2) is 0 Å². The Morgan fingerprint density at radius 2 is 0.773 bits per heavy atom. The predicted octanol–water partition coefficient (Wildman–Crippen LogP) is 10.8. The monoisotopic (exact) mass is 627 g/mol. The molecule has 6 nitrogen and oxygen atoms in total. The highest BCUT2D eigenvalue weighted by Crippen LogP contribution is 2.23. The maximum Gasteiger partial charge on any atom is 0.341 e. The van der Waals surface area contributed by atoms with Gasteiger partial charge >= 0.3 is 11.9 Å². The van der Waals surface area contributed by atoms with Crippen molar-refractivity contribution in [3.63, 3.8) is 0 Å². The van der Waals surface area contributed by atoms with Crippen LogP contribution in [0.2, 0.25) is 0 Å². The summed E-state index contributed by atoms with van der Waals surface area (Å²) >= 11 is 0. The van der Waals surface area contributed by atoms with E-state index in [1.165, 1.54) is 148 Å². The van der Waals surface area contributed by atoms with E-state index in [1.807, 2.05) is 0 Å². The molecular weight excluding hydrogens is 552 g/mol. The van der Waals surface area contributed by atoms with E-state index in [4.69, 9.17) is 4.74 Å². The molecule has 0 aliphatic heterocycles. The van der Waals surface area contributed by atoms with Gasteiger partial charge in [-0.3, -0.25) is 0 Å². The van der Waals surface area contributed by atoms with Crippen molar-refractivity contribution >= 4 is 11.9 Å². The van der Waals surface area contributed by atoms with Gasteiger partial charge in [-0.2, -0.15) is 0 Å². The summed E-state index contributed by atoms with van der Waals surface area (Å²) in [6, 6.07) is 0. The van der Waals surface area contributed by atoms with Gasteiger partial charge in [-0.25, -0.2) is 9.59 Å². The van der Waals surface area contributed by atoms with E-state index in [0.717, 1.165) is 32.1 Å². The standard InChI is InChI=1S/C38H74O6/c1-3-5-7-9-11-13-15-17-19-20-21-23-25-27-29-31-33-38(43,35(39)36(40)41)37(42)44-34-32-30-28-26-24-22-18-16-14-12-10-8-6-4-2/h35,39,43H,3-34H2,1-2H3,(H,40,41). The minimum absolute atomic E-state index is 0.101. The lowest BCUT2D eigenvalue weighted by atomic mass is 9.89. The zero-order chi connectivity index (χ0) is 32.6. The van der Waals surface area contributed by atoms with E-state index < -0.39 is 23.6 Å². The molecule has 0 saturated carbocycles. The van der Waals surface area contributed by atoms with E-state index in [0.29, 0.717) is 12.8 Å². The number of hydrogen-bond acceptors (Lipinski definition) is 5. The molecule has 0 fully saturated rings. The first-order valence-corrected chi connectivity index (χ1v) is 19.2. The normalized spacial score (nSPS) is 13.5. The van der Waals surface area contributed by atoms with Crippen LogP contribution in [0.3, 0.4) is 0 Å². The van der Waals surface area contributed by atoms with Gasteiger partial charge in [0, 0.05) is 0 Å². The molecule has 262 valence electrons. The van der Waals surface area contributed by atoms with Crippen LogP contribution >= 0.6 is 0 Å². The van der Waals surface area contributed by atoms with Crippen molar-refractivity contribution in [3.05, 3.63) is 0 Å². The molecule has 0 aromatic rings. The molecule has 44 heavy (non-hydrogen) atoms. The van der Waals surface area contributed by atoms with Gasteiger partial charge in [0.25, 0.3) is 0 Å². The Balaban J connectivity index is 3.88. The number of rotatable bonds is 35.